The highest BCUT2D eigenvalue weighted by atomic mass is 16.3. The Hall–Kier alpha value is -6.78. The lowest BCUT2D eigenvalue weighted by Gasteiger charge is -2.42. The van der Waals surface area contributed by atoms with Gasteiger partial charge in [-0.2, -0.15) is 0 Å². The number of para-hydroxylation sites is 1. The van der Waals surface area contributed by atoms with Gasteiger partial charge in [-0.05, 0) is 168 Å². The quantitative estimate of drug-likeness (QED) is 0.179. The Bertz CT molecular complexity index is 4030. The summed E-state index contributed by atoms with van der Waals surface area (Å²) in [4.78, 5) is 0. The van der Waals surface area contributed by atoms with E-state index in [0.717, 1.165) is 33.3 Å². The lowest BCUT2D eigenvalue weighted by atomic mass is 9.58. The second kappa shape index (κ2) is 13.8. The van der Waals surface area contributed by atoms with Gasteiger partial charge in [-0.15, -0.1) is 0 Å². The molecule has 349 valence electrons. The van der Waals surface area contributed by atoms with Crippen molar-refractivity contribution in [3.8, 4) is 39.1 Å². The first-order valence-corrected chi connectivity index (χ1v) is 26.0. The average molecular weight is 922 g/mol. The second-order valence-electron chi connectivity index (χ2n) is 25.2. The molecule has 3 nitrogen and oxygen atoms in total. The van der Waals surface area contributed by atoms with Gasteiger partial charge < -0.3 is 14.3 Å². The number of rotatable bonds is 3. The van der Waals surface area contributed by atoms with E-state index in [0.29, 0.717) is 0 Å². The van der Waals surface area contributed by atoms with E-state index < -0.39 is 0 Å². The van der Waals surface area contributed by atoms with E-state index in [1.54, 1.807) is 0 Å². The predicted octanol–water partition coefficient (Wildman–Crippen LogP) is 16.6. The fourth-order valence-electron chi connectivity index (χ4n) is 13.9. The van der Waals surface area contributed by atoms with E-state index in [1.165, 1.54) is 129 Å². The number of furan rings is 1. The molecule has 0 amide bonds. The van der Waals surface area contributed by atoms with Gasteiger partial charge in [-0.25, -0.2) is 0 Å². The van der Waals surface area contributed by atoms with Gasteiger partial charge in [0.15, 0.2) is 7.28 Å². The smallest absolute Gasteiger partial charge is 0.197 e. The summed E-state index contributed by atoms with van der Waals surface area (Å²) in [5.41, 5.74) is 29.3. The van der Waals surface area contributed by atoms with Crippen LogP contribution in [0.2, 0.25) is 0 Å². The molecular weight excluding hydrogens is 860 g/mol. The van der Waals surface area contributed by atoms with E-state index in [2.05, 4.69) is 228 Å². The molecule has 0 atom stereocenters. The molecule has 3 heterocycles. The van der Waals surface area contributed by atoms with Crippen LogP contribution in [0.1, 0.15) is 134 Å². The monoisotopic (exact) mass is 921 g/mol. The highest BCUT2D eigenvalue weighted by Crippen LogP contribution is 2.57. The number of benzene rings is 8. The van der Waals surface area contributed by atoms with Gasteiger partial charge in [-0.3, -0.25) is 0 Å². The van der Waals surface area contributed by atoms with Crippen LogP contribution in [0.25, 0.3) is 82.8 Å². The van der Waals surface area contributed by atoms with Crippen LogP contribution in [-0.2, 0) is 27.1 Å². The number of hydrogen-bond acceptors (Lipinski definition) is 2. The Morgan fingerprint density at radius 1 is 0.535 bits per heavy atom. The van der Waals surface area contributed by atoms with Gasteiger partial charge in [0.25, 0.3) is 0 Å². The lowest BCUT2D eigenvalue weighted by molar-refractivity contribution is 0.331. The number of hydrogen-bond donors (Lipinski definition) is 1. The number of nitrogens with zero attached hydrogens (tertiary/aromatic N) is 1. The van der Waals surface area contributed by atoms with E-state index in [9.17, 15) is 0 Å². The summed E-state index contributed by atoms with van der Waals surface area (Å²) >= 11 is 0. The topological polar surface area (TPSA) is 30.1 Å². The summed E-state index contributed by atoms with van der Waals surface area (Å²) in [5.74, 6) is 0. The van der Waals surface area contributed by atoms with Crippen LogP contribution in [0.5, 0.6) is 0 Å². The normalized spacial score (nSPS) is 17.2. The summed E-state index contributed by atoms with van der Waals surface area (Å²) in [5, 5.41) is 8.88. The van der Waals surface area contributed by atoms with Crippen molar-refractivity contribution in [1.29, 1.82) is 0 Å². The Balaban J connectivity index is 1.07. The van der Waals surface area contributed by atoms with Crippen LogP contribution in [0.3, 0.4) is 0 Å². The largest absolute Gasteiger partial charge is 0.456 e. The van der Waals surface area contributed by atoms with Gasteiger partial charge in [0.05, 0.1) is 5.52 Å². The van der Waals surface area contributed by atoms with E-state index in [1.807, 2.05) is 0 Å². The minimum Gasteiger partial charge on any atom is -0.456 e. The highest BCUT2D eigenvalue weighted by molar-refractivity contribution is 6.73. The van der Waals surface area contributed by atoms with Crippen molar-refractivity contribution in [2.75, 3.05) is 5.32 Å². The molecule has 1 aliphatic heterocycles. The Labute approximate surface area is 419 Å². The van der Waals surface area contributed by atoms with Crippen LogP contribution < -0.4 is 16.2 Å². The number of aryl methyl sites for hydroxylation is 1. The third-order valence-electron chi connectivity index (χ3n) is 18.1. The molecule has 4 aliphatic rings. The number of aromatic nitrogens is 1. The number of nitrogens with one attached hydrogen (secondary N) is 1. The third-order valence-corrected chi connectivity index (χ3v) is 18.1. The van der Waals surface area contributed by atoms with Crippen molar-refractivity contribution in [1.82, 2.24) is 4.57 Å². The first kappa shape index (κ1) is 43.0. The second-order valence-corrected chi connectivity index (χ2v) is 25.2. The number of anilines is 2. The fraction of sp³-hybridized carbons (Fsp3) is 0.284. The highest BCUT2D eigenvalue weighted by Gasteiger charge is 2.44. The molecule has 71 heavy (non-hydrogen) atoms. The van der Waals surface area contributed by atoms with Gasteiger partial charge in [0.1, 0.15) is 11.2 Å². The van der Waals surface area contributed by atoms with Crippen molar-refractivity contribution in [3.63, 3.8) is 0 Å². The molecule has 4 heteroatoms. The standard InChI is InChI=1S/C67H62BN2O/c1-36-27-46(44-29-49-43(31-55(44)69-38-23-21-37(22-24-38)63(2,3)4)41-28-52-53(34-50(41)67(49,11)12)65(7,8)26-25-64(52,5)6)61-62-60(36)47-33-59-45(40-18-14-16-20-58(40)71-59)32-56(47)70(62)57-35-51-42(30-54(57)68-61)39-17-13-15-19-48(39)66(51,9)10/h13-24,27-35,69H,25-26H2,1-12H3. The zero-order valence-electron chi connectivity index (χ0n) is 43.5. The van der Waals surface area contributed by atoms with Crippen molar-refractivity contribution >= 4 is 73.3 Å². The Morgan fingerprint density at radius 2 is 1.17 bits per heavy atom. The van der Waals surface area contributed by atoms with Crippen molar-refractivity contribution in [2.24, 2.45) is 0 Å². The van der Waals surface area contributed by atoms with Crippen LogP contribution in [0.15, 0.2) is 132 Å². The first-order chi connectivity index (χ1) is 33.7. The van der Waals surface area contributed by atoms with Crippen LogP contribution in [0, 0.1) is 6.92 Å². The van der Waals surface area contributed by atoms with Crippen LogP contribution >= 0.6 is 0 Å². The fourth-order valence-corrected chi connectivity index (χ4v) is 13.9. The summed E-state index contributed by atoms with van der Waals surface area (Å²) in [7, 11) is 2.52. The molecule has 0 saturated heterocycles. The molecule has 0 unspecified atom stereocenters. The van der Waals surface area contributed by atoms with Crippen LogP contribution in [-0.4, -0.2) is 11.8 Å². The molecule has 2 aromatic heterocycles. The molecule has 14 rings (SSSR count). The van der Waals surface area contributed by atoms with Crippen molar-refractivity contribution < 1.29 is 4.42 Å². The first-order valence-electron chi connectivity index (χ1n) is 26.0. The van der Waals surface area contributed by atoms with E-state index >= 15 is 0 Å². The zero-order valence-corrected chi connectivity index (χ0v) is 43.5. The molecule has 0 saturated carbocycles. The molecule has 0 spiro atoms. The van der Waals surface area contributed by atoms with E-state index in [4.69, 9.17) is 4.42 Å². The van der Waals surface area contributed by atoms with Crippen molar-refractivity contribution in [3.05, 3.63) is 172 Å². The Morgan fingerprint density at radius 3 is 1.93 bits per heavy atom. The molecule has 0 fully saturated rings. The maximum atomic E-state index is 6.64. The SMILES string of the molecule is Cc1cc(-c2cc3c(cc2Nc2ccc(C(C)(C)C)cc2)-c2cc4c(cc2C3(C)C)C(C)(C)CCC4(C)C)c2c3c1c1cc4oc5ccccc5c4cc1n3-c1cc3c(cc1[B]2)-c1ccccc1C3(C)C. The molecule has 3 aliphatic carbocycles. The number of fused-ring (bicyclic) bond motifs is 15. The third kappa shape index (κ3) is 5.80. The molecule has 1 N–H and O–H groups in total. The van der Waals surface area contributed by atoms with Gasteiger partial charge >= 0.3 is 0 Å². The summed E-state index contributed by atoms with van der Waals surface area (Å²) in [6.45, 7) is 28.7. The van der Waals surface area contributed by atoms with Gasteiger partial charge in [-0.1, -0.05) is 154 Å². The maximum Gasteiger partial charge on any atom is 0.197 e. The molecule has 8 aromatic carbocycles. The maximum absolute atomic E-state index is 6.64. The van der Waals surface area contributed by atoms with Gasteiger partial charge in [0.2, 0.25) is 0 Å². The van der Waals surface area contributed by atoms with E-state index in [-0.39, 0.29) is 27.1 Å². The lowest BCUT2D eigenvalue weighted by Crippen LogP contribution is -2.38. The predicted molar refractivity (Wildman–Crippen MR) is 302 cm³/mol. The molecular formula is C67H62BN2O. The average Bonchev–Trinajstić information content (AvgIpc) is 4.00. The molecule has 10 aromatic rings. The van der Waals surface area contributed by atoms with Crippen molar-refractivity contribution in [2.45, 2.75) is 123 Å². The summed E-state index contributed by atoms with van der Waals surface area (Å²) < 4.78 is 9.26. The zero-order chi connectivity index (χ0) is 49.1. The molecule has 1 radical (unpaired) electrons. The minimum absolute atomic E-state index is 0.0574. The van der Waals surface area contributed by atoms with Gasteiger partial charge in [0, 0.05) is 60.5 Å². The summed E-state index contributed by atoms with van der Waals surface area (Å²) in [6, 6.07) is 49.2. The van der Waals surface area contributed by atoms with Crippen LogP contribution in [0.4, 0.5) is 11.4 Å². The Kier molecular flexibility index (Phi) is 8.36. The molecule has 0 bridgehead atoms. The minimum atomic E-state index is -0.210. The summed E-state index contributed by atoms with van der Waals surface area (Å²) in [6.07, 6.45) is 2.39.